The first kappa shape index (κ1) is 33.6. The normalized spacial score (nSPS) is 16.1. The summed E-state index contributed by atoms with van der Waals surface area (Å²) in [6.45, 7) is 11.7. The van der Waals surface area contributed by atoms with Crippen molar-refractivity contribution in [2.24, 2.45) is 0 Å². The number of rotatable bonds is 12. The Labute approximate surface area is 181 Å². The maximum Gasteiger partial charge on any atom is 0.373 e. The van der Waals surface area contributed by atoms with Crippen LogP contribution in [0.1, 0.15) is 54.4 Å². The van der Waals surface area contributed by atoms with Gasteiger partial charge in [0.25, 0.3) is 0 Å². The van der Waals surface area contributed by atoms with E-state index in [-0.39, 0.29) is 54.8 Å². The molecule has 0 spiro atoms. The number of nitrogens with zero attached hydrogens (tertiary/aromatic N) is 4. The molecule has 0 aliphatic rings. The number of hydrogen-bond acceptors (Lipinski definition) is 0. The third kappa shape index (κ3) is 18.4. The molecule has 0 N–H and O–H groups in total. The van der Waals surface area contributed by atoms with E-state index in [0.29, 0.717) is 13.1 Å². The van der Waals surface area contributed by atoms with E-state index in [0.717, 1.165) is 0 Å². The summed E-state index contributed by atoms with van der Waals surface area (Å²) in [5.74, 6) is 0. The van der Waals surface area contributed by atoms with Gasteiger partial charge in [-0.3, -0.25) is 0 Å². The SMILES string of the molecule is CC[N-]C(C)CC([N-]CC)C(F)(F)F.CC[N-]C(C)CC([N-]CC)C(F)(F)F.[Co]. The Hall–Kier alpha value is -0.0735. The summed E-state index contributed by atoms with van der Waals surface area (Å²) < 4.78 is 74.2. The third-order valence-electron chi connectivity index (χ3n) is 3.68. The largest absolute Gasteiger partial charge is 0.660 e. The Bertz CT molecular complexity index is 335. The standard InChI is InChI=1S/2C9H17F3N2.Co/c2*1-4-13-7(3)6-8(14-5-2)9(10,11)12;/h2*7-8H,4-6H2,1-3H3;/q2*-2;. The Morgan fingerprint density at radius 1 is 0.552 bits per heavy atom. The second kappa shape index (κ2) is 17.6. The van der Waals surface area contributed by atoms with Gasteiger partial charge in [0.2, 0.25) is 0 Å². The van der Waals surface area contributed by atoms with Gasteiger partial charge in [0, 0.05) is 16.8 Å². The first-order chi connectivity index (χ1) is 12.8. The minimum absolute atomic E-state index is 0. The van der Waals surface area contributed by atoms with Crippen molar-refractivity contribution < 1.29 is 43.1 Å². The number of alkyl halides is 6. The minimum atomic E-state index is -4.23. The summed E-state index contributed by atoms with van der Waals surface area (Å²) >= 11 is 0. The minimum Gasteiger partial charge on any atom is -0.660 e. The maximum atomic E-state index is 12.4. The quantitative estimate of drug-likeness (QED) is 0.272. The molecular formula is C18H34CoF6N4-4. The van der Waals surface area contributed by atoms with Crippen molar-refractivity contribution in [3.05, 3.63) is 21.3 Å². The van der Waals surface area contributed by atoms with E-state index in [4.69, 9.17) is 0 Å². The fourth-order valence-electron chi connectivity index (χ4n) is 2.48. The van der Waals surface area contributed by atoms with Gasteiger partial charge in [0.05, 0.1) is 0 Å². The average Bonchev–Trinajstić information content (AvgIpc) is 2.53. The van der Waals surface area contributed by atoms with Crippen LogP contribution in [0.25, 0.3) is 21.3 Å². The van der Waals surface area contributed by atoms with Gasteiger partial charge < -0.3 is 21.3 Å². The van der Waals surface area contributed by atoms with Crippen LogP contribution in [0.15, 0.2) is 0 Å². The Morgan fingerprint density at radius 3 is 0.966 bits per heavy atom. The number of hydrogen-bond donors (Lipinski definition) is 0. The molecule has 0 aromatic heterocycles. The molecular weight excluding hydrogens is 445 g/mol. The van der Waals surface area contributed by atoms with Crippen LogP contribution in [-0.2, 0) is 16.8 Å². The molecule has 4 nitrogen and oxygen atoms in total. The van der Waals surface area contributed by atoms with Crippen molar-refractivity contribution in [1.82, 2.24) is 0 Å². The van der Waals surface area contributed by atoms with Crippen LogP contribution < -0.4 is 0 Å². The summed E-state index contributed by atoms with van der Waals surface area (Å²) in [5, 5.41) is 15.1. The van der Waals surface area contributed by atoms with Crippen molar-refractivity contribution in [3.8, 4) is 0 Å². The molecule has 4 atom stereocenters. The molecule has 0 saturated carbocycles. The van der Waals surface area contributed by atoms with Gasteiger partial charge in [-0.1, -0.05) is 54.4 Å². The van der Waals surface area contributed by atoms with Gasteiger partial charge >= 0.3 is 12.4 Å². The molecule has 0 amide bonds. The molecule has 0 heterocycles. The molecule has 11 heteroatoms. The molecule has 0 aliphatic heterocycles. The maximum absolute atomic E-state index is 12.4. The fraction of sp³-hybridized carbons (Fsp3) is 1.00. The molecule has 0 saturated heterocycles. The molecule has 0 aliphatic carbocycles. The van der Waals surface area contributed by atoms with Crippen molar-refractivity contribution in [1.29, 1.82) is 0 Å². The Balaban J connectivity index is -0.000000451. The zero-order chi connectivity index (χ0) is 22.4. The van der Waals surface area contributed by atoms with Crippen LogP contribution in [-0.4, -0.2) is 62.7 Å². The molecule has 0 aromatic carbocycles. The molecule has 0 aromatic rings. The monoisotopic (exact) mass is 479 g/mol. The molecule has 0 rings (SSSR count). The van der Waals surface area contributed by atoms with Crippen molar-refractivity contribution in [2.45, 2.75) is 90.9 Å². The van der Waals surface area contributed by atoms with Gasteiger partial charge in [0.1, 0.15) is 0 Å². The van der Waals surface area contributed by atoms with Crippen LogP contribution >= 0.6 is 0 Å². The van der Waals surface area contributed by atoms with Gasteiger partial charge in [-0.15, -0.1) is 12.1 Å². The van der Waals surface area contributed by atoms with Gasteiger partial charge in [-0.05, 0) is 12.1 Å². The first-order valence-electron chi connectivity index (χ1n) is 9.63. The summed E-state index contributed by atoms with van der Waals surface area (Å²) in [6, 6.07) is -3.67. The van der Waals surface area contributed by atoms with Gasteiger partial charge in [-0.25, -0.2) is 0 Å². The van der Waals surface area contributed by atoms with Crippen LogP contribution in [0.4, 0.5) is 26.3 Å². The summed E-state index contributed by atoms with van der Waals surface area (Å²) in [7, 11) is 0. The molecule has 4 unspecified atom stereocenters. The van der Waals surface area contributed by atoms with Gasteiger partial charge in [0.15, 0.2) is 0 Å². The predicted molar refractivity (Wildman–Crippen MR) is 103 cm³/mol. The van der Waals surface area contributed by atoms with E-state index in [1.165, 1.54) is 0 Å². The van der Waals surface area contributed by atoms with E-state index in [1.807, 2.05) is 13.8 Å². The average molecular weight is 479 g/mol. The summed E-state index contributed by atoms with van der Waals surface area (Å²) in [5.41, 5.74) is 0. The third-order valence-corrected chi connectivity index (χ3v) is 3.68. The smallest absolute Gasteiger partial charge is 0.373 e. The zero-order valence-electron chi connectivity index (χ0n) is 17.9. The van der Waals surface area contributed by atoms with Crippen LogP contribution in [0.2, 0.25) is 0 Å². The van der Waals surface area contributed by atoms with Crippen LogP contribution in [0.3, 0.4) is 0 Å². The van der Waals surface area contributed by atoms with Crippen molar-refractivity contribution >= 4 is 0 Å². The summed E-state index contributed by atoms with van der Waals surface area (Å²) in [6.07, 6.45) is -8.53. The van der Waals surface area contributed by atoms with E-state index < -0.39 is 24.4 Å². The van der Waals surface area contributed by atoms with Crippen molar-refractivity contribution in [3.63, 3.8) is 0 Å². The molecule has 29 heavy (non-hydrogen) atoms. The molecule has 1 radical (unpaired) electrons. The first-order valence-corrected chi connectivity index (χ1v) is 9.63. The summed E-state index contributed by atoms with van der Waals surface area (Å²) in [4.78, 5) is 0. The van der Waals surface area contributed by atoms with E-state index in [2.05, 4.69) is 21.3 Å². The molecule has 181 valence electrons. The van der Waals surface area contributed by atoms with Crippen molar-refractivity contribution in [2.75, 3.05) is 26.2 Å². The second-order valence-corrected chi connectivity index (χ2v) is 6.28. The topological polar surface area (TPSA) is 56.4 Å². The van der Waals surface area contributed by atoms with E-state index >= 15 is 0 Å². The molecule has 0 fully saturated rings. The zero-order valence-corrected chi connectivity index (χ0v) is 19.0. The van der Waals surface area contributed by atoms with Crippen LogP contribution in [0, 0.1) is 0 Å². The Kier molecular flexibility index (Phi) is 20.4. The predicted octanol–water partition coefficient (Wildman–Crippen LogP) is 6.96. The fourth-order valence-corrected chi connectivity index (χ4v) is 2.48. The second-order valence-electron chi connectivity index (χ2n) is 6.28. The van der Waals surface area contributed by atoms with E-state index in [9.17, 15) is 26.3 Å². The van der Waals surface area contributed by atoms with Crippen LogP contribution in [0.5, 0.6) is 0 Å². The van der Waals surface area contributed by atoms with E-state index in [1.54, 1.807) is 27.7 Å². The van der Waals surface area contributed by atoms with Gasteiger partial charge in [-0.2, -0.15) is 52.5 Å². The Morgan fingerprint density at radius 2 is 0.793 bits per heavy atom. The number of halogens is 6. The molecule has 0 bridgehead atoms.